The fourth-order valence-corrected chi connectivity index (χ4v) is 2.63. The van der Waals surface area contributed by atoms with Gasteiger partial charge in [-0.3, -0.25) is 0 Å². The molecule has 1 aromatic carbocycles. The van der Waals surface area contributed by atoms with E-state index in [0.717, 1.165) is 47.0 Å². The Balaban J connectivity index is 2.23. The Morgan fingerprint density at radius 1 is 1.19 bits per heavy atom. The average molecular weight is 260 g/mol. The summed E-state index contributed by atoms with van der Waals surface area (Å²) in [7, 11) is 0. The van der Waals surface area contributed by atoms with Crippen molar-refractivity contribution in [1.82, 2.24) is 0 Å². The van der Waals surface area contributed by atoms with E-state index in [9.17, 15) is 0 Å². The van der Waals surface area contributed by atoms with Gasteiger partial charge in [0.25, 0.3) is 0 Å². The van der Waals surface area contributed by atoms with Crippen LogP contribution in [0.1, 0.15) is 25.7 Å². The van der Waals surface area contributed by atoms with Gasteiger partial charge < -0.3 is 10.8 Å². The summed E-state index contributed by atoms with van der Waals surface area (Å²) in [5, 5.41) is 9.36. The fraction of sp³-hybridized carbons (Fsp3) is 0.500. The van der Waals surface area contributed by atoms with Crippen molar-refractivity contribution in [2.75, 3.05) is 18.1 Å². The molecule has 1 aromatic rings. The van der Waals surface area contributed by atoms with Crippen molar-refractivity contribution < 1.29 is 5.11 Å². The average Bonchev–Trinajstić information content (AvgIpc) is 2.28. The second-order valence-electron chi connectivity index (χ2n) is 3.67. The van der Waals surface area contributed by atoms with Gasteiger partial charge in [-0.1, -0.05) is 24.4 Å². The zero-order valence-electron chi connectivity index (χ0n) is 9.29. The van der Waals surface area contributed by atoms with Gasteiger partial charge >= 0.3 is 0 Å². The molecule has 90 valence electrons. The summed E-state index contributed by atoms with van der Waals surface area (Å²) >= 11 is 7.65. The van der Waals surface area contributed by atoms with E-state index in [0.29, 0.717) is 6.61 Å². The highest BCUT2D eigenvalue weighted by atomic mass is 35.5. The number of nitrogen functional groups attached to an aromatic ring is 1. The Morgan fingerprint density at radius 3 is 2.69 bits per heavy atom. The van der Waals surface area contributed by atoms with E-state index in [1.807, 2.05) is 18.2 Å². The smallest absolute Gasteiger partial charge is 0.0453 e. The third kappa shape index (κ3) is 5.10. The van der Waals surface area contributed by atoms with Crippen molar-refractivity contribution in [3.05, 3.63) is 23.2 Å². The van der Waals surface area contributed by atoms with Gasteiger partial charge in [0.1, 0.15) is 0 Å². The zero-order chi connectivity index (χ0) is 11.8. The maximum atomic E-state index is 8.63. The first kappa shape index (κ1) is 13.7. The molecule has 0 fully saturated rings. The summed E-state index contributed by atoms with van der Waals surface area (Å²) in [5.74, 6) is 1.05. The van der Waals surface area contributed by atoms with Crippen LogP contribution >= 0.6 is 23.4 Å². The summed E-state index contributed by atoms with van der Waals surface area (Å²) in [5.41, 5.74) is 6.64. The number of anilines is 1. The maximum absolute atomic E-state index is 8.63. The molecule has 0 aliphatic rings. The molecule has 0 amide bonds. The Kier molecular flexibility index (Phi) is 6.69. The molecule has 4 heteroatoms. The van der Waals surface area contributed by atoms with Crippen molar-refractivity contribution in [3.63, 3.8) is 0 Å². The Morgan fingerprint density at radius 2 is 1.94 bits per heavy atom. The Hall–Kier alpha value is -0.380. The van der Waals surface area contributed by atoms with E-state index in [2.05, 4.69) is 0 Å². The minimum absolute atomic E-state index is 0.300. The van der Waals surface area contributed by atoms with Crippen molar-refractivity contribution in [2.45, 2.75) is 30.6 Å². The quantitative estimate of drug-likeness (QED) is 0.447. The molecule has 0 saturated heterocycles. The first-order chi connectivity index (χ1) is 7.74. The van der Waals surface area contributed by atoms with Gasteiger partial charge in [-0.15, -0.1) is 11.8 Å². The molecule has 0 radical (unpaired) electrons. The molecule has 0 aliphatic heterocycles. The molecule has 16 heavy (non-hydrogen) atoms. The molecule has 1 rings (SSSR count). The van der Waals surface area contributed by atoms with E-state index in [1.54, 1.807) is 11.8 Å². The molecular formula is C12H18ClNOS. The lowest BCUT2D eigenvalue weighted by molar-refractivity contribution is 0.283. The van der Waals surface area contributed by atoms with Crippen molar-refractivity contribution in [3.8, 4) is 0 Å². The highest BCUT2D eigenvalue weighted by molar-refractivity contribution is 7.99. The van der Waals surface area contributed by atoms with Crippen LogP contribution in [-0.2, 0) is 0 Å². The van der Waals surface area contributed by atoms with E-state index in [1.165, 1.54) is 0 Å². The lowest BCUT2D eigenvalue weighted by Gasteiger charge is -2.05. The highest BCUT2D eigenvalue weighted by Crippen LogP contribution is 2.28. The first-order valence-corrected chi connectivity index (χ1v) is 6.89. The summed E-state index contributed by atoms with van der Waals surface area (Å²) in [4.78, 5) is 1.06. The number of nitrogens with two attached hydrogens (primary N) is 1. The first-order valence-electron chi connectivity index (χ1n) is 5.52. The SMILES string of the molecule is Nc1ccc(Cl)cc1SCCCCCCO. The van der Waals surface area contributed by atoms with Crippen LogP contribution in [-0.4, -0.2) is 17.5 Å². The number of hydrogen-bond donors (Lipinski definition) is 2. The zero-order valence-corrected chi connectivity index (χ0v) is 10.9. The van der Waals surface area contributed by atoms with Crippen molar-refractivity contribution in [1.29, 1.82) is 0 Å². The lowest BCUT2D eigenvalue weighted by Crippen LogP contribution is -1.90. The van der Waals surface area contributed by atoms with Crippen LogP contribution in [0.4, 0.5) is 5.69 Å². The van der Waals surface area contributed by atoms with Gasteiger partial charge in [0.15, 0.2) is 0 Å². The number of aliphatic hydroxyl groups is 1. The number of unbranched alkanes of at least 4 members (excludes halogenated alkanes) is 3. The number of thioether (sulfide) groups is 1. The standard InChI is InChI=1S/C12H18ClNOS/c13-10-5-6-11(14)12(9-10)16-8-4-2-1-3-7-15/h5-6,9,15H,1-4,7-8,14H2. The van der Waals surface area contributed by atoms with E-state index < -0.39 is 0 Å². The van der Waals surface area contributed by atoms with Gasteiger partial charge in [0, 0.05) is 22.2 Å². The molecule has 0 bridgehead atoms. The fourth-order valence-electron chi connectivity index (χ4n) is 1.38. The molecule has 0 heterocycles. The number of hydrogen-bond acceptors (Lipinski definition) is 3. The number of halogens is 1. The molecule has 0 saturated carbocycles. The largest absolute Gasteiger partial charge is 0.398 e. The second kappa shape index (κ2) is 7.82. The van der Waals surface area contributed by atoms with Crippen LogP contribution < -0.4 is 5.73 Å². The molecule has 3 N–H and O–H groups in total. The monoisotopic (exact) mass is 259 g/mol. The molecule has 2 nitrogen and oxygen atoms in total. The van der Waals surface area contributed by atoms with Gasteiger partial charge in [0.05, 0.1) is 0 Å². The van der Waals surface area contributed by atoms with Crippen LogP contribution in [0.5, 0.6) is 0 Å². The van der Waals surface area contributed by atoms with Crippen LogP contribution in [0, 0.1) is 0 Å². The van der Waals surface area contributed by atoms with Gasteiger partial charge in [0.2, 0.25) is 0 Å². The third-order valence-electron chi connectivity index (χ3n) is 2.29. The van der Waals surface area contributed by atoms with E-state index in [-0.39, 0.29) is 0 Å². The van der Waals surface area contributed by atoms with Gasteiger partial charge in [-0.25, -0.2) is 0 Å². The number of aliphatic hydroxyl groups excluding tert-OH is 1. The van der Waals surface area contributed by atoms with E-state index in [4.69, 9.17) is 22.4 Å². The van der Waals surface area contributed by atoms with Crippen molar-refractivity contribution >= 4 is 29.1 Å². The molecule has 0 aliphatic carbocycles. The minimum atomic E-state index is 0.300. The number of rotatable bonds is 7. The molecule has 0 spiro atoms. The topological polar surface area (TPSA) is 46.2 Å². The van der Waals surface area contributed by atoms with Crippen molar-refractivity contribution in [2.24, 2.45) is 0 Å². The van der Waals surface area contributed by atoms with Crippen LogP contribution in [0.15, 0.2) is 23.1 Å². The Bertz CT molecular complexity index is 320. The van der Waals surface area contributed by atoms with Crippen LogP contribution in [0.2, 0.25) is 5.02 Å². The van der Waals surface area contributed by atoms with Crippen LogP contribution in [0.25, 0.3) is 0 Å². The normalized spacial score (nSPS) is 10.6. The molecule has 0 unspecified atom stereocenters. The summed E-state index contributed by atoms with van der Waals surface area (Å²) in [6.45, 7) is 0.300. The molecule has 0 atom stereocenters. The summed E-state index contributed by atoms with van der Waals surface area (Å²) < 4.78 is 0. The van der Waals surface area contributed by atoms with Gasteiger partial charge in [-0.05, 0) is 36.8 Å². The minimum Gasteiger partial charge on any atom is -0.398 e. The summed E-state index contributed by atoms with van der Waals surface area (Å²) in [6, 6.07) is 5.56. The maximum Gasteiger partial charge on any atom is 0.0453 e. The molecule has 0 aromatic heterocycles. The molecular weight excluding hydrogens is 242 g/mol. The predicted molar refractivity (Wildman–Crippen MR) is 72.1 cm³/mol. The second-order valence-corrected chi connectivity index (χ2v) is 5.24. The highest BCUT2D eigenvalue weighted by Gasteiger charge is 2.00. The predicted octanol–water partition coefficient (Wildman–Crippen LogP) is 3.57. The third-order valence-corrected chi connectivity index (χ3v) is 3.68. The Labute approximate surface area is 106 Å². The van der Waals surface area contributed by atoms with Crippen LogP contribution in [0.3, 0.4) is 0 Å². The van der Waals surface area contributed by atoms with Gasteiger partial charge in [-0.2, -0.15) is 0 Å². The lowest BCUT2D eigenvalue weighted by atomic mass is 10.2. The van der Waals surface area contributed by atoms with E-state index >= 15 is 0 Å². The number of benzene rings is 1. The summed E-state index contributed by atoms with van der Waals surface area (Å²) in [6.07, 6.45) is 4.32.